The summed E-state index contributed by atoms with van der Waals surface area (Å²) in [7, 11) is 0. The minimum absolute atomic E-state index is 0.149. The van der Waals surface area contributed by atoms with E-state index in [1.54, 1.807) is 31.2 Å². The fourth-order valence-electron chi connectivity index (χ4n) is 2.81. The van der Waals surface area contributed by atoms with Crippen LogP contribution in [-0.2, 0) is 14.3 Å². The van der Waals surface area contributed by atoms with Crippen molar-refractivity contribution in [3.05, 3.63) is 52.5 Å². The molecule has 9 heteroatoms. The number of aromatic hydroxyl groups is 1. The summed E-state index contributed by atoms with van der Waals surface area (Å²) in [5, 5.41) is 22.1. The molecular formula is C20H17BrN4O4. The van der Waals surface area contributed by atoms with Crippen LogP contribution in [0.5, 0.6) is 5.75 Å². The molecule has 1 atom stereocenters. The Hall–Kier alpha value is -3.38. The summed E-state index contributed by atoms with van der Waals surface area (Å²) in [4.78, 5) is 30.6. The van der Waals surface area contributed by atoms with Gasteiger partial charge in [-0.1, -0.05) is 12.1 Å². The van der Waals surface area contributed by atoms with Crippen LogP contribution in [0.3, 0.4) is 0 Å². The van der Waals surface area contributed by atoms with Gasteiger partial charge >= 0.3 is 5.97 Å². The second kappa shape index (κ2) is 8.75. The zero-order valence-electron chi connectivity index (χ0n) is 15.4. The number of esters is 1. The average molecular weight is 457 g/mol. The number of phenolic OH excluding ortho intramolecular Hbond substituents is 1. The molecule has 0 saturated heterocycles. The minimum atomic E-state index is -0.954. The molecule has 2 N–H and O–H groups in total. The molecule has 3 rings (SSSR count). The highest BCUT2D eigenvalue weighted by atomic mass is 79.9. The Morgan fingerprint density at radius 2 is 2.14 bits per heavy atom. The van der Waals surface area contributed by atoms with Gasteiger partial charge in [0.25, 0.3) is 5.91 Å². The van der Waals surface area contributed by atoms with Gasteiger partial charge in [-0.3, -0.25) is 9.59 Å². The molecule has 0 saturated carbocycles. The van der Waals surface area contributed by atoms with E-state index in [-0.39, 0.29) is 30.4 Å². The number of hydrogen-bond acceptors (Lipinski definition) is 7. The Kier molecular flexibility index (Phi) is 6.14. The third-order valence-corrected chi connectivity index (χ3v) is 4.80. The van der Waals surface area contributed by atoms with Gasteiger partial charge in [0.05, 0.1) is 36.0 Å². The van der Waals surface area contributed by atoms with Crippen LogP contribution >= 0.6 is 15.9 Å². The van der Waals surface area contributed by atoms with Crippen LogP contribution in [-0.4, -0.2) is 35.6 Å². The normalized spacial score (nSPS) is 15.6. The van der Waals surface area contributed by atoms with E-state index in [1.807, 2.05) is 6.07 Å². The summed E-state index contributed by atoms with van der Waals surface area (Å²) < 4.78 is 5.59. The molecule has 0 aliphatic carbocycles. The number of para-hydroxylation sites is 1. The van der Waals surface area contributed by atoms with Crippen molar-refractivity contribution in [2.45, 2.75) is 19.4 Å². The van der Waals surface area contributed by atoms with Gasteiger partial charge in [0.2, 0.25) is 5.96 Å². The molecule has 148 valence electrons. The summed E-state index contributed by atoms with van der Waals surface area (Å²) in [6.45, 7) is 1.90. The molecule has 2 aromatic carbocycles. The van der Waals surface area contributed by atoms with Gasteiger partial charge in [0.15, 0.2) is 0 Å². The molecule has 8 nitrogen and oxygen atoms in total. The Balaban J connectivity index is 1.96. The monoisotopic (exact) mass is 456 g/mol. The first-order chi connectivity index (χ1) is 13.9. The number of nitrogens with zero attached hydrogens (tertiary/aromatic N) is 3. The van der Waals surface area contributed by atoms with Crippen LogP contribution in [0.2, 0.25) is 0 Å². The SMILES string of the molecule is CCOC(=O)CC1N=C(Nc2ccc(C#N)cc2O)N(c2ccccc2Br)C1=O. The number of amides is 1. The van der Waals surface area contributed by atoms with E-state index in [1.165, 1.54) is 23.1 Å². The number of nitrogens with one attached hydrogen (secondary N) is 1. The number of aliphatic imine (C=N–C) groups is 1. The lowest BCUT2D eigenvalue weighted by molar-refractivity contribution is -0.144. The summed E-state index contributed by atoms with van der Waals surface area (Å²) in [6.07, 6.45) is -0.196. The number of guanidine groups is 1. The van der Waals surface area contributed by atoms with Crippen LogP contribution in [0.1, 0.15) is 18.9 Å². The molecule has 0 radical (unpaired) electrons. The molecule has 0 aromatic heterocycles. The largest absolute Gasteiger partial charge is 0.506 e. The second-order valence-corrected chi connectivity index (χ2v) is 6.93. The molecule has 1 aliphatic heterocycles. The molecule has 0 fully saturated rings. The highest BCUT2D eigenvalue weighted by Crippen LogP contribution is 2.32. The lowest BCUT2D eigenvalue weighted by atomic mass is 10.2. The van der Waals surface area contributed by atoms with Gasteiger partial charge in [-0.2, -0.15) is 5.26 Å². The van der Waals surface area contributed by atoms with E-state index in [4.69, 9.17) is 10.00 Å². The van der Waals surface area contributed by atoms with E-state index < -0.39 is 17.9 Å². The lowest BCUT2D eigenvalue weighted by Crippen LogP contribution is -2.39. The van der Waals surface area contributed by atoms with Crippen molar-refractivity contribution in [3.63, 3.8) is 0 Å². The number of anilines is 2. The predicted octanol–water partition coefficient (Wildman–Crippen LogP) is 3.16. The van der Waals surface area contributed by atoms with Crippen LogP contribution in [0.15, 0.2) is 51.9 Å². The molecular weight excluding hydrogens is 440 g/mol. The Bertz CT molecular complexity index is 1030. The number of halogens is 1. The fraction of sp³-hybridized carbons (Fsp3) is 0.200. The van der Waals surface area contributed by atoms with Gasteiger partial charge in [-0.15, -0.1) is 0 Å². The summed E-state index contributed by atoms with van der Waals surface area (Å²) in [5.74, 6) is -0.943. The van der Waals surface area contributed by atoms with Gasteiger partial charge < -0.3 is 15.2 Å². The van der Waals surface area contributed by atoms with Crippen molar-refractivity contribution in [2.24, 2.45) is 4.99 Å². The first-order valence-electron chi connectivity index (χ1n) is 8.76. The third kappa shape index (κ3) is 4.38. The number of rotatable bonds is 5. The number of ether oxygens (including phenoxy) is 1. The maximum atomic E-state index is 13.0. The molecule has 1 amide bonds. The Morgan fingerprint density at radius 3 is 2.79 bits per heavy atom. The molecule has 2 aromatic rings. The van der Waals surface area contributed by atoms with Crippen LogP contribution in [0.4, 0.5) is 11.4 Å². The summed E-state index contributed by atoms with van der Waals surface area (Å²) in [5.41, 5.74) is 1.09. The number of carbonyl (C=O) groups is 2. The van der Waals surface area contributed by atoms with Crippen LogP contribution in [0.25, 0.3) is 0 Å². The van der Waals surface area contributed by atoms with Gasteiger partial charge in [0.1, 0.15) is 11.8 Å². The van der Waals surface area contributed by atoms with E-state index >= 15 is 0 Å². The van der Waals surface area contributed by atoms with Gasteiger partial charge in [-0.05, 0) is 53.2 Å². The highest BCUT2D eigenvalue weighted by molar-refractivity contribution is 9.10. The quantitative estimate of drug-likeness (QED) is 0.527. The van der Waals surface area contributed by atoms with E-state index in [9.17, 15) is 14.7 Å². The van der Waals surface area contributed by atoms with E-state index in [0.717, 1.165) is 0 Å². The maximum Gasteiger partial charge on any atom is 0.308 e. The Morgan fingerprint density at radius 1 is 1.38 bits per heavy atom. The van der Waals surface area contributed by atoms with Crippen molar-refractivity contribution in [1.29, 1.82) is 5.26 Å². The summed E-state index contributed by atoms with van der Waals surface area (Å²) >= 11 is 3.42. The topological polar surface area (TPSA) is 115 Å². The van der Waals surface area contributed by atoms with Crippen LogP contribution < -0.4 is 10.2 Å². The van der Waals surface area contributed by atoms with Gasteiger partial charge in [-0.25, -0.2) is 9.89 Å². The zero-order chi connectivity index (χ0) is 21.0. The molecule has 1 unspecified atom stereocenters. The first kappa shape index (κ1) is 20.4. The highest BCUT2D eigenvalue weighted by Gasteiger charge is 2.38. The van der Waals surface area contributed by atoms with E-state index in [0.29, 0.717) is 15.7 Å². The second-order valence-electron chi connectivity index (χ2n) is 6.07. The molecule has 0 spiro atoms. The predicted molar refractivity (Wildman–Crippen MR) is 111 cm³/mol. The molecule has 1 heterocycles. The number of phenols is 1. The fourth-order valence-corrected chi connectivity index (χ4v) is 3.27. The molecule has 1 aliphatic rings. The average Bonchev–Trinajstić information content (AvgIpc) is 2.99. The summed E-state index contributed by atoms with van der Waals surface area (Å²) in [6, 6.07) is 12.4. The number of nitriles is 1. The minimum Gasteiger partial charge on any atom is -0.506 e. The number of carbonyl (C=O) groups excluding carboxylic acids is 2. The maximum absolute atomic E-state index is 13.0. The van der Waals surface area contributed by atoms with Gasteiger partial charge in [0, 0.05) is 4.47 Å². The first-order valence-corrected chi connectivity index (χ1v) is 9.56. The third-order valence-electron chi connectivity index (χ3n) is 4.13. The molecule has 29 heavy (non-hydrogen) atoms. The standard InChI is InChI=1S/C20H17BrN4O4/c1-2-29-18(27)10-15-19(28)25(16-6-4-3-5-13(16)21)20(24-15)23-14-8-7-12(11-22)9-17(14)26/h3-9,15,26H,2,10H2,1H3,(H,23,24). The van der Waals surface area contributed by atoms with Crippen molar-refractivity contribution >= 4 is 45.1 Å². The van der Waals surface area contributed by atoms with Crippen molar-refractivity contribution in [3.8, 4) is 11.8 Å². The van der Waals surface area contributed by atoms with Crippen molar-refractivity contribution < 1.29 is 19.4 Å². The molecule has 0 bridgehead atoms. The lowest BCUT2D eigenvalue weighted by Gasteiger charge is -2.21. The van der Waals surface area contributed by atoms with Crippen molar-refractivity contribution in [1.82, 2.24) is 0 Å². The van der Waals surface area contributed by atoms with Crippen molar-refractivity contribution in [2.75, 3.05) is 16.8 Å². The van der Waals surface area contributed by atoms with E-state index in [2.05, 4.69) is 26.2 Å². The number of hydrogen-bond donors (Lipinski definition) is 2. The zero-order valence-corrected chi connectivity index (χ0v) is 17.0. The smallest absolute Gasteiger partial charge is 0.308 e. The number of benzene rings is 2. The van der Waals surface area contributed by atoms with Crippen LogP contribution in [0, 0.1) is 11.3 Å². The Labute approximate surface area is 175 Å².